The lowest BCUT2D eigenvalue weighted by atomic mass is 10.7. The van der Waals surface area contributed by atoms with Crippen molar-refractivity contribution in [3.05, 3.63) is 0 Å². The zero-order valence-corrected chi connectivity index (χ0v) is 3.99. The highest BCUT2D eigenvalue weighted by Crippen LogP contribution is 1.42. The summed E-state index contributed by atoms with van der Waals surface area (Å²) >= 11 is 0. The van der Waals surface area contributed by atoms with Gasteiger partial charge < -0.3 is 5.73 Å². The first kappa shape index (κ1) is 5.25. The standard InChI is InChI=1S/C3H2NOSi/c4-3(5)1-2-6/h(H2,4,5). The molecule has 0 spiro atoms. The van der Waals surface area contributed by atoms with Crippen molar-refractivity contribution in [3.63, 3.8) is 0 Å². The minimum atomic E-state index is -0.620. The van der Waals surface area contributed by atoms with Gasteiger partial charge in [-0.15, -0.1) is 5.54 Å². The van der Waals surface area contributed by atoms with Gasteiger partial charge in [0.15, 0.2) is 0 Å². The van der Waals surface area contributed by atoms with Gasteiger partial charge in [0.2, 0.25) is 0 Å². The van der Waals surface area contributed by atoms with E-state index in [0.29, 0.717) is 0 Å². The molecule has 0 bridgehead atoms. The van der Waals surface area contributed by atoms with Crippen LogP contribution >= 0.6 is 0 Å². The minimum Gasteiger partial charge on any atom is -0.359 e. The molecule has 0 saturated heterocycles. The zero-order chi connectivity index (χ0) is 4.99. The molecule has 0 aliphatic carbocycles. The topological polar surface area (TPSA) is 43.1 Å². The van der Waals surface area contributed by atoms with E-state index in [4.69, 9.17) is 0 Å². The molecule has 0 saturated carbocycles. The van der Waals surface area contributed by atoms with E-state index in [9.17, 15) is 4.79 Å². The summed E-state index contributed by atoms with van der Waals surface area (Å²) in [6, 6.07) is 0. The second kappa shape index (κ2) is 2.48. The molecule has 0 aromatic carbocycles. The van der Waals surface area contributed by atoms with Gasteiger partial charge in [-0.25, -0.2) is 0 Å². The molecule has 0 aliphatic heterocycles. The second-order valence-electron chi connectivity index (χ2n) is 0.614. The molecule has 0 fully saturated rings. The van der Waals surface area contributed by atoms with E-state index in [1.54, 1.807) is 0 Å². The SMILES string of the molecule is NC(=O)C#C[Si]. The molecule has 0 rings (SSSR count). The summed E-state index contributed by atoms with van der Waals surface area (Å²) in [4.78, 5) is 9.62. The van der Waals surface area contributed by atoms with Gasteiger partial charge in [-0.05, 0) is 5.92 Å². The summed E-state index contributed by atoms with van der Waals surface area (Å²) in [5.41, 5.74) is 6.71. The number of nitrogens with two attached hydrogens (primary N) is 1. The van der Waals surface area contributed by atoms with Crippen LogP contribution in [0.1, 0.15) is 0 Å². The van der Waals surface area contributed by atoms with Gasteiger partial charge in [-0.1, -0.05) is 0 Å². The Hall–Kier alpha value is -0.753. The number of carbonyl (C=O) groups excluding carboxylic acids is 1. The first-order valence-electron chi connectivity index (χ1n) is 1.24. The maximum atomic E-state index is 9.62. The van der Waals surface area contributed by atoms with E-state index in [1.807, 2.05) is 5.92 Å². The van der Waals surface area contributed by atoms with E-state index in [1.165, 1.54) is 0 Å². The summed E-state index contributed by atoms with van der Waals surface area (Å²) in [5.74, 6) is 1.39. The Morgan fingerprint density at radius 3 is 2.33 bits per heavy atom. The smallest absolute Gasteiger partial charge is 0.292 e. The summed E-state index contributed by atoms with van der Waals surface area (Å²) in [7, 11) is 2.73. The van der Waals surface area contributed by atoms with Crippen LogP contribution < -0.4 is 5.73 Å². The number of primary amides is 1. The summed E-state index contributed by atoms with van der Waals surface area (Å²) in [6.07, 6.45) is 0. The first-order chi connectivity index (χ1) is 2.77. The molecule has 0 heterocycles. The number of amides is 1. The van der Waals surface area contributed by atoms with Crippen molar-refractivity contribution in [3.8, 4) is 11.5 Å². The number of carbonyl (C=O) groups is 1. The molecule has 0 aliphatic rings. The highest BCUT2D eigenvalue weighted by Gasteiger charge is 1.72. The average molecular weight is 96.1 g/mol. The fourth-order valence-electron chi connectivity index (χ4n) is 0.0616. The highest BCUT2D eigenvalue weighted by molar-refractivity contribution is 6.24. The highest BCUT2D eigenvalue weighted by atomic mass is 28.1. The van der Waals surface area contributed by atoms with Crippen LogP contribution in [0.3, 0.4) is 0 Å². The summed E-state index contributed by atoms with van der Waals surface area (Å²) in [6.45, 7) is 0. The minimum absolute atomic E-state index is 0.620. The van der Waals surface area contributed by atoms with Crippen molar-refractivity contribution < 1.29 is 4.79 Å². The van der Waals surface area contributed by atoms with Crippen molar-refractivity contribution >= 4 is 16.1 Å². The molecular formula is C3H2NOSi. The van der Waals surface area contributed by atoms with Gasteiger partial charge in [0, 0.05) is 0 Å². The Balaban J connectivity index is 3.50. The van der Waals surface area contributed by atoms with Gasteiger partial charge in [0.25, 0.3) is 5.91 Å². The number of hydrogen-bond acceptors (Lipinski definition) is 1. The Kier molecular flexibility index (Phi) is 2.17. The summed E-state index contributed by atoms with van der Waals surface area (Å²) in [5, 5.41) is 0. The molecule has 0 aromatic rings. The maximum Gasteiger partial charge on any atom is 0.292 e. The van der Waals surface area contributed by atoms with Gasteiger partial charge in [0.1, 0.15) is 10.2 Å². The Labute approximate surface area is 39.1 Å². The van der Waals surface area contributed by atoms with Crippen molar-refractivity contribution in [2.24, 2.45) is 5.73 Å². The fourth-order valence-corrected chi connectivity index (χ4v) is 0.185. The zero-order valence-electron chi connectivity index (χ0n) is 2.99. The predicted octanol–water partition coefficient (Wildman–Crippen LogP) is -1.40. The van der Waals surface area contributed by atoms with E-state index >= 15 is 0 Å². The van der Waals surface area contributed by atoms with E-state index in [0.717, 1.165) is 0 Å². The third kappa shape index (κ3) is 3.25. The lowest BCUT2D eigenvalue weighted by molar-refractivity contribution is -0.112. The largest absolute Gasteiger partial charge is 0.359 e. The monoisotopic (exact) mass is 96.0 g/mol. The van der Waals surface area contributed by atoms with Crippen molar-refractivity contribution in [1.82, 2.24) is 0 Å². The molecule has 2 N–H and O–H groups in total. The Morgan fingerprint density at radius 1 is 1.83 bits per heavy atom. The van der Waals surface area contributed by atoms with Crippen LogP contribution in [0.15, 0.2) is 0 Å². The van der Waals surface area contributed by atoms with E-state index in [2.05, 4.69) is 21.5 Å². The third-order valence-electron chi connectivity index (χ3n) is 0.186. The molecule has 0 atom stereocenters. The molecule has 29 valence electrons. The van der Waals surface area contributed by atoms with E-state index in [-0.39, 0.29) is 0 Å². The first-order valence-corrected chi connectivity index (χ1v) is 1.74. The lowest BCUT2D eigenvalue weighted by Crippen LogP contribution is -2.05. The van der Waals surface area contributed by atoms with Crippen LogP contribution in [-0.2, 0) is 4.79 Å². The van der Waals surface area contributed by atoms with Crippen molar-refractivity contribution in [2.75, 3.05) is 0 Å². The van der Waals surface area contributed by atoms with E-state index < -0.39 is 5.91 Å². The molecule has 6 heavy (non-hydrogen) atoms. The number of rotatable bonds is 0. The van der Waals surface area contributed by atoms with Crippen LogP contribution in [-0.4, -0.2) is 16.1 Å². The Morgan fingerprint density at radius 2 is 2.33 bits per heavy atom. The molecular weight excluding hydrogens is 94.1 g/mol. The van der Waals surface area contributed by atoms with Gasteiger partial charge in [-0.2, -0.15) is 0 Å². The second-order valence-corrected chi connectivity index (χ2v) is 0.864. The van der Waals surface area contributed by atoms with Crippen LogP contribution in [0, 0.1) is 11.5 Å². The van der Waals surface area contributed by atoms with Gasteiger partial charge >= 0.3 is 0 Å². The van der Waals surface area contributed by atoms with Gasteiger partial charge in [0.05, 0.1) is 0 Å². The molecule has 3 heteroatoms. The normalized spacial score (nSPS) is 5.50. The number of hydrogen-bond donors (Lipinski definition) is 1. The molecule has 2 nitrogen and oxygen atoms in total. The van der Waals surface area contributed by atoms with Crippen molar-refractivity contribution in [2.45, 2.75) is 0 Å². The van der Waals surface area contributed by atoms with Crippen molar-refractivity contribution in [1.29, 1.82) is 0 Å². The third-order valence-corrected chi connectivity index (χ3v) is 0.311. The van der Waals surface area contributed by atoms with Crippen LogP contribution in [0.2, 0.25) is 0 Å². The quantitative estimate of drug-likeness (QED) is 0.292. The molecule has 0 unspecified atom stereocenters. The Bertz CT molecular complexity index is 110. The lowest BCUT2D eigenvalue weighted by Gasteiger charge is -1.64. The van der Waals surface area contributed by atoms with Crippen LogP contribution in [0.5, 0.6) is 0 Å². The molecule has 3 radical (unpaired) electrons. The fraction of sp³-hybridized carbons (Fsp3) is 0. The van der Waals surface area contributed by atoms with Crippen LogP contribution in [0.25, 0.3) is 0 Å². The predicted molar refractivity (Wildman–Crippen MR) is 22.7 cm³/mol. The molecule has 1 amide bonds. The van der Waals surface area contributed by atoms with Crippen LogP contribution in [0.4, 0.5) is 0 Å². The molecule has 0 aromatic heterocycles. The van der Waals surface area contributed by atoms with Gasteiger partial charge in [-0.3, -0.25) is 4.79 Å². The average Bonchev–Trinajstić information content (AvgIpc) is 1.35. The maximum absolute atomic E-state index is 9.62. The summed E-state index contributed by atoms with van der Waals surface area (Å²) < 4.78 is 0.